The highest BCUT2D eigenvalue weighted by Gasteiger charge is 2.41. The van der Waals surface area contributed by atoms with Gasteiger partial charge < -0.3 is 9.80 Å². The molecule has 4 rings (SSSR count). The largest absolute Gasteiger partial charge is 0.322 e. The summed E-state index contributed by atoms with van der Waals surface area (Å²) in [6.45, 7) is 7.82. The molecule has 2 saturated heterocycles. The van der Waals surface area contributed by atoms with Crippen LogP contribution in [-0.2, 0) is 16.1 Å². The van der Waals surface area contributed by atoms with Crippen LogP contribution in [0.5, 0.6) is 0 Å². The van der Waals surface area contributed by atoms with Gasteiger partial charge in [0.15, 0.2) is 6.67 Å². The number of hydrogen-bond donors (Lipinski definition) is 2. The van der Waals surface area contributed by atoms with Crippen LogP contribution in [0.1, 0.15) is 29.0 Å². The summed E-state index contributed by atoms with van der Waals surface area (Å²) in [7, 11) is 0. The van der Waals surface area contributed by atoms with Gasteiger partial charge in [-0.2, -0.15) is 0 Å². The summed E-state index contributed by atoms with van der Waals surface area (Å²) >= 11 is 0. The molecule has 2 aromatic rings. The Morgan fingerprint density at radius 1 is 0.929 bits per heavy atom. The zero-order valence-corrected chi connectivity index (χ0v) is 16.5. The zero-order valence-electron chi connectivity index (χ0n) is 16.5. The number of carbonyl (C=O) groups excluding carboxylic acids is 2. The minimum Gasteiger partial charge on any atom is -0.322 e. The van der Waals surface area contributed by atoms with E-state index in [4.69, 9.17) is 0 Å². The smallest absolute Gasteiger partial charge is 0.241 e. The van der Waals surface area contributed by atoms with Crippen molar-refractivity contribution in [1.29, 1.82) is 0 Å². The van der Waals surface area contributed by atoms with Crippen molar-refractivity contribution in [3.05, 3.63) is 71.3 Å². The second kappa shape index (κ2) is 8.25. The number of imide groups is 1. The minimum atomic E-state index is -0.304. The van der Waals surface area contributed by atoms with Crippen LogP contribution in [0.4, 0.5) is 0 Å². The lowest BCUT2D eigenvalue weighted by Crippen LogP contribution is -3.28. The summed E-state index contributed by atoms with van der Waals surface area (Å²) in [5, 5.41) is 0. The fraction of sp³-hybridized carbons (Fsp3) is 0.391. The first kappa shape index (κ1) is 18.8. The van der Waals surface area contributed by atoms with Crippen LogP contribution in [-0.4, -0.2) is 49.6 Å². The lowest BCUT2D eigenvalue weighted by atomic mass is 9.98. The molecule has 0 aromatic heterocycles. The number of piperazine rings is 1. The maximum absolute atomic E-state index is 12.8. The van der Waals surface area contributed by atoms with Gasteiger partial charge in [0, 0.05) is 12.0 Å². The Bertz CT molecular complexity index is 844. The predicted octanol–water partition coefficient (Wildman–Crippen LogP) is -0.221. The van der Waals surface area contributed by atoms with Crippen LogP contribution in [0.3, 0.4) is 0 Å². The lowest BCUT2D eigenvalue weighted by molar-refractivity contribution is -1.02. The highest BCUT2D eigenvalue weighted by atomic mass is 16.2. The van der Waals surface area contributed by atoms with Gasteiger partial charge in [-0.25, -0.2) is 4.90 Å². The van der Waals surface area contributed by atoms with Crippen molar-refractivity contribution in [2.75, 3.05) is 32.8 Å². The van der Waals surface area contributed by atoms with Crippen LogP contribution in [0.2, 0.25) is 0 Å². The van der Waals surface area contributed by atoms with E-state index in [1.165, 1.54) is 20.9 Å². The molecular weight excluding hydrogens is 350 g/mol. The fourth-order valence-electron chi connectivity index (χ4n) is 4.42. The van der Waals surface area contributed by atoms with E-state index in [1.54, 1.807) is 4.90 Å². The molecule has 0 unspecified atom stereocenters. The van der Waals surface area contributed by atoms with Gasteiger partial charge >= 0.3 is 0 Å². The van der Waals surface area contributed by atoms with Crippen molar-refractivity contribution < 1.29 is 19.4 Å². The van der Waals surface area contributed by atoms with E-state index < -0.39 is 0 Å². The summed E-state index contributed by atoms with van der Waals surface area (Å²) in [6, 6.07) is 18.4. The number of carbonyl (C=O) groups is 2. The number of nitrogens with zero attached hydrogens (tertiary/aromatic N) is 1. The number of aryl methyl sites for hydroxylation is 1. The number of benzene rings is 2. The Labute approximate surface area is 166 Å². The molecule has 2 amide bonds. The van der Waals surface area contributed by atoms with E-state index in [-0.39, 0.29) is 17.7 Å². The number of quaternary nitrogens is 2. The quantitative estimate of drug-likeness (QED) is 0.706. The molecular formula is C23H29N3O2+2. The van der Waals surface area contributed by atoms with Gasteiger partial charge in [0.25, 0.3) is 0 Å². The maximum atomic E-state index is 12.8. The zero-order chi connectivity index (χ0) is 19.5. The van der Waals surface area contributed by atoms with Gasteiger partial charge in [-0.05, 0) is 12.5 Å². The molecule has 5 heteroatoms. The van der Waals surface area contributed by atoms with Crippen LogP contribution < -0.4 is 9.80 Å². The summed E-state index contributed by atoms with van der Waals surface area (Å²) in [6.07, 6.45) is 0.306. The maximum Gasteiger partial charge on any atom is 0.241 e. The molecule has 2 heterocycles. The molecule has 2 aliphatic heterocycles. The van der Waals surface area contributed by atoms with Crippen molar-refractivity contribution in [2.24, 2.45) is 0 Å². The summed E-state index contributed by atoms with van der Waals surface area (Å²) in [4.78, 5) is 29.7. The van der Waals surface area contributed by atoms with Crippen molar-refractivity contribution >= 4 is 11.8 Å². The van der Waals surface area contributed by atoms with Crippen LogP contribution in [0, 0.1) is 6.92 Å². The van der Waals surface area contributed by atoms with E-state index in [1.807, 2.05) is 30.3 Å². The van der Waals surface area contributed by atoms with Crippen molar-refractivity contribution in [1.82, 2.24) is 4.90 Å². The first-order chi connectivity index (χ1) is 13.6. The second-order valence-corrected chi connectivity index (χ2v) is 8.15. The average Bonchev–Trinajstić information content (AvgIpc) is 2.98. The predicted molar refractivity (Wildman–Crippen MR) is 107 cm³/mol. The molecule has 0 aliphatic carbocycles. The standard InChI is InChI=1S/C23H27N3O2/c1-18-6-5-7-19(14-18)16-24-10-12-25(13-11-24)17-26-22(27)15-21(23(26)28)20-8-3-2-4-9-20/h2-9,14,21H,10-13,15-17H2,1H3/p+2/t21-/m0/s1. The third-order valence-corrected chi connectivity index (χ3v) is 6.03. The Balaban J connectivity index is 1.31. The molecule has 28 heavy (non-hydrogen) atoms. The van der Waals surface area contributed by atoms with Gasteiger partial charge in [-0.15, -0.1) is 0 Å². The molecule has 2 N–H and O–H groups in total. The highest BCUT2D eigenvalue weighted by Crippen LogP contribution is 2.28. The van der Waals surface area contributed by atoms with Gasteiger partial charge in [-0.3, -0.25) is 9.59 Å². The first-order valence-corrected chi connectivity index (χ1v) is 10.2. The first-order valence-electron chi connectivity index (χ1n) is 10.2. The lowest BCUT2D eigenvalue weighted by Gasteiger charge is -2.31. The third kappa shape index (κ3) is 4.16. The van der Waals surface area contributed by atoms with E-state index >= 15 is 0 Å². The van der Waals surface area contributed by atoms with E-state index in [2.05, 4.69) is 31.2 Å². The molecule has 2 aromatic carbocycles. The molecule has 0 spiro atoms. The Morgan fingerprint density at radius 2 is 1.64 bits per heavy atom. The van der Waals surface area contributed by atoms with Gasteiger partial charge in [0.05, 0.1) is 5.92 Å². The number of amides is 2. The van der Waals surface area contributed by atoms with Gasteiger partial charge in [0.2, 0.25) is 11.8 Å². The molecule has 0 bridgehead atoms. The Morgan fingerprint density at radius 3 is 2.36 bits per heavy atom. The van der Waals surface area contributed by atoms with Crippen LogP contribution in [0.25, 0.3) is 0 Å². The summed E-state index contributed by atoms with van der Waals surface area (Å²) < 4.78 is 0. The van der Waals surface area contributed by atoms with E-state index in [9.17, 15) is 9.59 Å². The highest BCUT2D eigenvalue weighted by molar-refractivity contribution is 6.06. The summed E-state index contributed by atoms with van der Waals surface area (Å²) in [5.41, 5.74) is 3.64. The number of likely N-dealkylation sites (tertiary alicyclic amines) is 1. The molecule has 0 saturated carbocycles. The minimum absolute atomic E-state index is 0.0270. The SMILES string of the molecule is Cc1cccc(C[NH+]2CC[NH+](CN3C(=O)C[C@@H](c4ccccc4)C3=O)CC2)c1. The van der Waals surface area contributed by atoms with Crippen molar-refractivity contribution in [2.45, 2.75) is 25.8 Å². The Hall–Kier alpha value is -2.50. The monoisotopic (exact) mass is 379 g/mol. The molecule has 0 radical (unpaired) electrons. The fourth-order valence-corrected chi connectivity index (χ4v) is 4.42. The normalized spacial score (nSPS) is 25.3. The third-order valence-electron chi connectivity index (χ3n) is 6.03. The molecule has 2 aliphatic rings. The average molecular weight is 380 g/mol. The molecule has 146 valence electrons. The van der Waals surface area contributed by atoms with E-state index in [0.717, 1.165) is 38.3 Å². The topological polar surface area (TPSA) is 46.3 Å². The molecule has 1 atom stereocenters. The number of nitrogens with one attached hydrogen (secondary N) is 2. The van der Waals surface area contributed by atoms with Crippen molar-refractivity contribution in [3.63, 3.8) is 0 Å². The Kier molecular flexibility index (Phi) is 5.55. The molecule has 2 fully saturated rings. The van der Waals surface area contributed by atoms with Gasteiger partial charge in [-0.1, -0.05) is 60.2 Å². The number of hydrogen-bond acceptors (Lipinski definition) is 2. The summed E-state index contributed by atoms with van der Waals surface area (Å²) in [5.74, 6) is -0.361. The van der Waals surface area contributed by atoms with Gasteiger partial charge in [0.1, 0.15) is 32.7 Å². The van der Waals surface area contributed by atoms with E-state index in [0.29, 0.717) is 13.1 Å². The molecule has 5 nitrogen and oxygen atoms in total. The van der Waals surface area contributed by atoms with Crippen molar-refractivity contribution in [3.8, 4) is 0 Å². The van der Waals surface area contributed by atoms with Crippen LogP contribution in [0.15, 0.2) is 54.6 Å². The number of rotatable bonds is 5. The second-order valence-electron chi connectivity index (χ2n) is 8.15. The van der Waals surface area contributed by atoms with Crippen LogP contribution >= 0.6 is 0 Å².